The number of piperidine rings is 1. The summed E-state index contributed by atoms with van der Waals surface area (Å²) < 4.78 is 0. The molecule has 1 heterocycles. The number of nitrogens with one attached hydrogen (secondary N) is 1. The summed E-state index contributed by atoms with van der Waals surface area (Å²) >= 11 is 0. The Morgan fingerprint density at radius 1 is 1.14 bits per heavy atom. The third-order valence-corrected chi connectivity index (χ3v) is 5.56. The molecule has 0 radical (unpaired) electrons. The predicted molar refractivity (Wildman–Crippen MR) is 115 cm³/mol. The van der Waals surface area contributed by atoms with Crippen LogP contribution in [0.5, 0.6) is 0 Å². The molecule has 2 rings (SSSR count). The second-order valence-corrected chi connectivity index (χ2v) is 8.83. The lowest BCUT2D eigenvalue weighted by atomic mass is 9.83. The van der Waals surface area contributed by atoms with Gasteiger partial charge in [0.1, 0.15) is 0 Å². The van der Waals surface area contributed by atoms with Gasteiger partial charge < -0.3 is 10.4 Å². The molecule has 0 unspecified atom stereocenters. The van der Waals surface area contributed by atoms with E-state index in [0.717, 1.165) is 6.42 Å². The van der Waals surface area contributed by atoms with Gasteiger partial charge in [-0.2, -0.15) is 0 Å². The number of nitrogens with zero attached hydrogens (tertiary/aromatic N) is 1. The molecule has 0 saturated carbocycles. The van der Waals surface area contributed by atoms with Crippen LogP contribution in [0.3, 0.4) is 0 Å². The van der Waals surface area contributed by atoms with Crippen molar-refractivity contribution < 1.29 is 14.7 Å². The van der Waals surface area contributed by atoms with Gasteiger partial charge in [0.2, 0.25) is 5.91 Å². The SMILES string of the molecule is Cc1cc(C(C)(C)C)cc(C)c1CCNC(=O)CN1CCC(C(=O)O)CC1.Cl. The topological polar surface area (TPSA) is 69.6 Å². The third kappa shape index (κ3) is 6.78. The van der Waals surface area contributed by atoms with Crippen molar-refractivity contribution in [2.24, 2.45) is 5.92 Å². The standard InChI is InChI=1S/C22H34N2O3.ClH/c1-15-12-18(22(3,4)5)13-16(2)19(15)6-9-23-20(25)14-24-10-7-17(8-11-24)21(26)27;/h12-13,17H,6-11,14H2,1-5H3,(H,23,25)(H,26,27);1H. The summed E-state index contributed by atoms with van der Waals surface area (Å²) in [6, 6.07) is 4.52. The van der Waals surface area contributed by atoms with Crippen LogP contribution in [0.1, 0.15) is 55.9 Å². The van der Waals surface area contributed by atoms with Crippen molar-refractivity contribution in [1.29, 1.82) is 0 Å². The lowest BCUT2D eigenvalue weighted by Crippen LogP contribution is -2.43. The Morgan fingerprint density at radius 3 is 2.14 bits per heavy atom. The monoisotopic (exact) mass is 410 g/mol. The molecular weight excluding hydrogens is 376 g/mol. The minimum absolute atomic E-state index is 0. The van der Waals surface area contributed by atoms with E-state index in [4.69, 9.17) is 5.11 Å². The van der Waals surface area contributed by atoms with E-state index in [1.165, 1.54) is 22.3 Å². The Bertz CT molecular complexity index is 667. The molecule has 0 spiro atoms. The van der Waals surface area contributed by atoms with Gasteiger partial charge in [0.25, 0.3) is 0 Å². The fourth-order valence-corrected chi connectivity index (χ4v) is 3.74. The molecule has 1 fully saturated rings. The third-order valence-electron chi connectivity index (χ3n) is 5.56. The molecular formula is C22H35ClN2O3. The summed E-state index contributed by atoms with van der Waals surface area (Å²) in [5, 5.41) is 12.1. The molecule has 0 aromatic heterocycles. The average molecular weight is 411 g/mol. The number of carbonyl (C=O) groups excluding carboxylic acids is 1. The molecule has 1 aliphatic rings. The normalized spacial score (nSPS) is 15.8. The van der Waals surface area contributed by atoms with Crippen molar-refractivity contribution in [3.63, 3.8) is 0 Å². The van der Waals surface area contributed by atoms with Crippen molar-refractivity contribution in [3.05, 3.63) is 34.4 Å². The Morgan fingerprint density at radius 2 is 1.68 bits per heavy atom. The second-order valence-electron chi connectivity index (χ2n) is 8.83. The van der Waals surface area contributed by atoms with Crippen LogP contribution in [0.2, 0.25) is 0 Å². The summed E-state index contributed by atoms with van der Waals surface area (Å²) in [5.41, 5.74) is 5.35. The van der Waals surface area contributed by atoms with Crippen molar-refractivity contribution in [2.45, 2.75) is 59.3 Å². The van der Waals surface area contributed by atoms with Crippen LogP contribution in [0, 0.1) is 19.8 Å². The first-order valence-corrected chi connectivity index (χ1v) is 9.90. The molecule has 0 bridgehead atoms. The van der Waals surface area contributed by atoms with Crippen LogP contribution in [0.25, 0.3) is 0 Å². The van der Waals surface area contributed by atoms with Gasteiger partial charge in [-0.3, -0.25) is 14.5 Å². The Balaban J connectivity index is 0.00000392. The predicted octanol–water partition coefficient (Wildman–Crippen LogP) is 3.48. The average Bonchev–Trinajstić information content (AvgIpc) is 2.56. The van der Waals surface area contributed by atoms with E-state index in [0.29, 0.717) is 39.0 Å². The van der Waals surface area contributed by atoms with Crippen LogP contribution in [-0.2, 0) is 21.4 Å². The van der Waals surface area contributed by atoms with Gasteiger partial charge >= 0.3 is 5.97 Å². The number of benzene rings is 1. The van der Waals surface area contributed by atoms with E-state index >= 15 is 0 Å². The Hall–Kier alpha value is -1.59. The number of hydrogen-bond donors (Lipinski definition) is 2. The summed E-state index contributed by atoms with van der Waals surface area (Å²) in [5.74, 6) is -0.959. The van der Waals surface area contributed by atoms with Gasteiger partial charge in [0.15, 0.2) is 0 Å². The zero-order valence-electron chi connectivity index (χ0n) is 17.8. The number of rotatable bonds is 6. The van der Waals surface area contributed by atoms with Crippen LogP contribution in [-0.4, -0.2) is 48.1 Å². The van der Waals surface area contributed by atoms with Crippen molar-refractivity contribution in [2.75, 3.05) is 26.2 Å². The number of hydrogen-bond acceptors (Lipinski definition) is 3. The van der Waals surface area contributed by atoms with E-state index in [9.17, 15) is 9.59 Å². The van der Waals surface area contributed by atoms with Gasteiger partial charge in [-0.15, -0.1) is 12.4 Å². The summed E-state index contributed by atoms with van der Waals surface area (Å²) in [6.07, 6.45) is 2.08. The summed E-state index contributed by atoms with van der Waals surface area (Å²) in [6.45, 7) is 13.3. The maximum absolute atomic E-state index is 12.2. The summed E-state index contributed by atoms with van der Waals surface area (Å²) in [7, 11) is 0. The van der Waals surface area contributed by atoms with Gasteiger partial charge in [0.05, 0.1) is 12.5 Å². The quantitative estimate of drug-likeness (QED) is 0.753. The first-order valence-electron chi connectivity index (χ1n) is 9.90. The van der Waals surface area contributed by atoms with Crippen LogP contribution >= 0.6 is 12.4 Å². The van der Waals surface area contributed by atoms with Gasteiger partial charge in [-0.25, -0.2) is 0 Å². The second kappa shape index (κ2) is 10.3. The largest absolute Gasteiger partial charge is 0.481 e. The Labute approximate surface area is 175 Å². The van der Waals surface area contributed by atoms with Crippen molar-refractivity contribution in [3.8, 4) is 0 Å². The fourth-order valence-electron chi connectivity index (χ4n) is 3.74. The first kappa shape index (κ1) is 24.4. The first-order chi connectivity index (χ1) is 12.6. The van der Waals surface area contributed by atoms with E-state index in [2.05, 4.69) is 52.1 Å². The van der Waals surface area contributed by atoms with E-state index in [-0.39, 0.29) is 29.6 Å². The highest BCUT2D eigenvalue weighted by atomic mass is 35.5. The van der Waals surface area contributed by atoms with Crippen molar-refractivity contribution >= 4 is 24.3 Å². The molecule has 2 N–H and O–H groups in total. The molecule has 1 aromatic carbocycles. The van der Waals surface area contributed by atoms with E-state index < -0.39 is 5.97 Å². The molecule has 1 aliphatic heterocycles. The lowest BCUT2D eigenvalue weighted by molar-refractivity contribution is -0.143. The lowest BCUT2D eigenvalue weighted by Gasteiger charge is -2.29. The molecule has 0 aliphatic carbocycles. The number of carboxylic acids is 1. The Kier molecular flexibility index (Phi) is 8.96. The molecule has 1 aromatic rings. The molecule has 28 heavy (non-hydrogen) atoms. The smallest absolute Gasteiger partial charge is 0.306 e. The minimum Gasteiger partial charge on any atom is -0.481 e. The molecule has 1 amide bonds. The molecule has 0 atom stereocenters. The number of likely N-dealkylation sites (tertiary alicyclic amines) is 1. The highest BCUT2D eigenvalue weighted by molar-refractivity contribution is 5.85. The van der Waals surface area contributed by atoms with Crippen LogP contribution in [0.4, 0.5) is 0 Å². The summed E-state index contributed by atoms with van der Waals surface area (Å²) in [4.78, 5) is 25.2. The zero-order chi connectivity index (χ0) is 20.2. The maximum Gasteiger partial charge on any atom is 0.306 e. The fraction of sp³-hybridized carbons (Fsp3) is 0.636. The molecule has 5 nitrogen and oxygen atoms in total. The van der Waals surface area contributed by atoms with Crippen LogP contribution < -0.4 is 5.32 Å². The number of halogens is 1. The maximum atomic E-state index is 12.2. The molecule has 158 valence electrons. The number of amides is 1. The van der Waals surface area contributed by atoms with Gasteiger partial charge in [0, 0.05) is 6.54 Å². The number of aliphatic carboxylic acids is 1. The molecule has 6 heteroatoms. The van der Waals surface area contributed by atoms with E-state index in [1.807, 2.05) is 4.90 Å². The number of aryl methyl sites for hydroxylation is 2. The van der Waals surface area contributed by atoms with Gasteiger partial charge in [-0.05, 0) is 73.9 Å². The number of carbonyl (C=O) groups is 2. The molecule has 1 saturated heterocycles. The van der Waals surface area contributed by atoms with Crippen LogP contribution in [0.15, 0.2) is 12.1 Å². The zero-order valence-corrected chi connectivity index (χ0v) is 18.6. The minimum atomic E-state index is -0.720. The van der Waals surface area contributed by atoms with Gasteiger partial charge in [-0.1, -0.05) is 32.9 Å². The highest BCUT2D eigenvalue weighted by Crippen LogP contribution is 2.27. The van der Waals surface area contributed by atoms with E-state index in [1.54, 1.807) is 0 Å². The number of carboxylic acid groups (broad SMARTS) is 1. The van der Waals surface area contributed by atoms with Crippen molar-refractivity contribution in [1.82, 2.24) is 10.2 Å². The highest BCUT2D eigenvalue weighted by Gasteiger charge is 2.25.